The minimum absolute atomic E-state index is 0.119. The van der Waals surface area contributed by atoms with Crippen LogP contribution in [0.2, 0.25) is 0 Å². The lowest BCUT2D eigenvalue weighted by Crippen LogP contribution is -2.13. The van der Waals surface area contributed by atoms with E-state index in [9.17, 15) is 10.1 Å². The zero-order valence-corrected chi connectivity index (χ0v) is 12.0. The highest BCUT2D eigenvalue weighted by molar-refractivity contribution is 5.82. The molecule has 0 aliphatic heterocycles. The van der Waals surface area contributed by atoms with E-state index in [1.165, 1.54) is 0 Å². The number of benzene rings is 2. The van der Waals surface area contributed by atoms with E-state index in [0.29, 0.717) is 11.1 Å². The van der Waals surface area contributed by atoms with Gasteiger partial charge in [-0.2, -0.15) is 0 Å². The van der Waals surface area contributed by atoms with Gasteiger partial charge in [0.2, 0.25) is 5.95 Å². The molecule has 0 saturated carbocycles. The molecule has 7 heteroatoms. The Kier molecular flexibility index (Phi) is 3.94. The average molecular weight is 307 g/mol. The first kappa shape index (κ1) is 14.6. The molecule has 0 bridgehead atoms. The van der Waals surface area contributed by atoms with Crippen LogP contribution in [0.25, 0.3) is 22.5 Å². The number of hydrazine groups is 1. The Balaban J connectivity index is 2.33. The number of nitrogens with two attached hydrogens (primary N) is 1. The van der Waals surface area contributed by atoms with E-state index in [1.807, 2.05) is 12.1 Å². The molecule has 0 aliphatic rings. The molecular weight excluding hydrogens is 294 g/mol. The second-order valence-electron chi connectivity index (χ2n) is 4.73. The van der Waals surface area contributed by atoms with E-state index in [0.717, 1.165) is 0 Å². The third-order valence-corrected chi connectivity index (χ3v) is 3.29. The van der Waals surface area contributed by atoms with Crippen molar-refractivity contribution in [3.63, 3.8) is 0 Å². The van der Waals surface area contributed by atoms with Crippen LogP contribution >= 0.6 is 0 Å². The maximum atomic E-state index is 11.7. The minimum Gasteiger partial charge on any atom is -0.292 e. The molecule has 3 N–H and O–H groups in total. The van der Waals surface area contributed by atoms with Crippen molar-refractivity contribution in [3.05, 3.63) is 70.8 Å². The van der Waals surface area contributed by atoms with E-state index >= 15 is 0 Å². The van der Waals surface area contributed by atoms with Crippen molar-refractivity contribution >= 4 is 11.6 Å². The van der Waals surface area contributed by atoms with Gasteiger partial charge in [0.1, 0.15) is 0 Å². The maximum absolute atomic E-state index is 11.7. The lowest BCUT2D eigenvalue weighted by atomic mass is 10.1. The van der Waals surface area contributed by atoms with Gasteiger partial charge in [0, 0.05) is 11.1 Å². The summed E-state index contributed by atoms with van der Waals surface area (Å²) in [5, 5.41) is 11.7. The van der Waals surface area contributed by atoms with Crippen LogP contribution < -0.4 is 11.3 Å². The molecule has 23 heavy (non-hydrogen) atoms. The quantitative estimate of drug-likeness (QED) is 0.436. The van der Waals surface area contributed by atoms with Crippen LogP contribution in [0.4, 0.5) is 11.6 Å². The Hall–Kier alpha value is -3.32. The fraction of sp³-hybridized carbons (Fsp3) is 0. The minimum atomic E-state index is -0.467. The topological polar surface area (TPSA) is 107 Å². The fourth-order valence-corrected chi connectivity index (χ4v) is 2.29. The monoisotopic (exact) mass is 307 g/mol. The molecule has 0 atom stereocenters. The number of nitrogen functional groups attached to an aromatic ring is 1. The number of aromatic nitrogens is 2. The highest BCUT2D eigenvalue weighted by Crippen LogP contribution is 2.36. The van der Waals surface area contributed by atoms with Crippen molar-refractivity contribution in [3.8, 4) is 22.5 Å². The Labute approximate surface area is 131 Å². The van der Waals surface area contributed by atoms with Crippen molar-refractivity contribution in [1.29, 1.82) is 0 Å². The first-order chi connectivity index (χ1) is 11.2. The lowest BCUT2D eigenvalue weighted by molar-refractivity contribution is -0.383. The van der Waals surface area contributed by atoms with E-state index in [2.05, 4.69) is 15.4 Å². The Bertz CT molecular complexity index is 777. The van der Waals surface area contributed by atoms with Crippen molar-refractivity contribution in [2.75, 3.05) is 5.43 Å². The predicted molar refractivity (Wildman–Crippen MR) is 87.4 cm³/mol. The van der Waals surface area contributed by atoms with Gasteiger partial charge in [0.15, 0.2) is 11.4 Å². The smallest absolute Gasteiger partial charge is 0.292 e. The Morgan fingerprint density at radius 1 is 0.870 bits per heavy atom. The van der Waals surface area contributed by atoms with Crippen molar-refractivity contribution in [2.24, 2.45) is 5.84 Å². The Morgan fingerprint density at radius 3 is 1.65 bits per heavy atom. The van der Waals surface area contributed by atoms with Crippen LogP contribution in [0, 0.1) is 10.1 Å². The molecule has 3 rings (SSSR count). The molecule has 0 spiro atoms. The molecule has 114 valence electrons. The molecular formula is C16H13N5O2. The summed E-state index contributed by atoms with van der Waals surface area (Å²) < 4.78 is 0. The van der Waals surface area contributed by atoms with Crippen LogP contribution in [0.1, 0.15) is 0 Å². The molecule has 1 aromatic heterocycles. The number of hydrogen-bond acceptors (Lipinski definition) is 6. The van der Waals surface area contributed by atoms with Crippen molar-refractivity contribution in [1.82, 2.24) is 9.97 Å². The van der Waals surface area contributed by atoms with Gasteiger partial charge in [0.25, 0.3) is 0 Å². The van der Waals surface area contributed by atoms with E-state index < -0.39 is 4.92 Å². The van der Waals surface area contributed by atoms with Gasteiger partial charge < -0.3 is 0 Å². The Morgan fingerprint density at radius 2 is 1.30 bits per heavy atom. The average Bonchev–Trinajstić information content (AvgIpc) is 2.62. The zero-order chi connectivity index (χ0) is 16.2. The standard InChI is InChI=1S/C16H13N5O2/c17-20-16-18-13(11-7-3-1-4-8-11)15(21(22)23)14(19-16)12-9-5-2-6-10-12/h1-10H,17H2,(H,18,19,20). The summed E-state index contributed by atoms with van der Waals surface area (Å²) in [6, 6.07) is 17.8. The van der Waals surface area contributed by atoms with Gasteiger partial charge in [-0.1, -0.05) is 60.7 Å². The van der Waals surface area contributed by atoms with Crippen LogP contribution in [-0.4, -0.2) is 14.9 Å². The molecule has 7 nitrogen and oxygen atoms in total. The van der Waals surface area contributed by atoms with Gasteiger partial charge in [-0.15, -0.1) is 0 Å². The summed E-state index contributed by atoms with van der Waals surface area (Å²) in [6.45, 7) is 0. The van der Waals surface area contributed by atoms with Gasteiger partial charge in [0.05, 0.1) is 4.92 Å². The predicted octanol–water partition coefficient (Wildman–Crippen LogP) is 3.00. The number of nitrogens with zero attached hydrogens (tertiary/aromatic N) is 3. The lowest BCUT2D eigenvalue weighted by Gasteiger charge is -2.09. The van der Waals surface area contributed by atoms with E-state index in [-0.39, 0.29) is 23.0 Å². The third kappa shape index (κ3) is 2.85. The van der Waals surface area contributed by atoms with Gasteiger partial charge in [-0.05, 0) is 0 Å². The molecule has 0 radical (unpaired) electrons. The summed E-state index contributed by atoms with van der Waals surface area (Å²) in [5.74, 6) is 5.54. The summed E-state index contributed by atoms with van der Waals surface area (Å²) in [6.07, 6.45) is 0. The molecule has 0 fully saturated rings. The first-order valence-corrected chi connectivity index (χ1v) is 6.84. The number of rotatable bonds is 4. The number of nitrogens with one attached hydrogen (secondary N) is 1. The van der Waals surface area contributed by atoms with E-state index in [1.54, 1.807) is 48.5 Å². The molecule has 0 saturated heterocycles. The van der Waals surface area contributed by atoms with Crippen LogP contribution in [-0.2, 0) is 0 Å². The fourth-order valence-electron chi connectivity index (χ4n) is 2.29. The summed E-state index contributed by atoms with van der Waals surface area (Å²) in [5.41, 5.74) is 3.90. The summed E-state index contributed by atoms with van der Waals surface area (Å²) in [4.78, 5) is 19.6. The van der Waals surface area contributed by atoms with Crippen LogP contribution in [0.15, 0.2) is 60.7 Å². The van der Waals surface area contributed by atoms with Crippen LogP contribution in [0.3, 0.4) is 0 Å². The molecule has 0 amide bonds. The third-order valence-electron chi connectivity index (χ3n) is 3.29. The normalized spacial score (nSPS) is 10.3. The van der Waals surface area contributed by atoms with E-state index in [4.69, 9.17) is 5.84 Å². The highest BCUT2D eigenvalue weighted by atomic mass is 16.6. The molecule has 3 aromatic rings. The SMILES string of the molecule is NNc1nc(-c2ccccc2)c([N+](=O)[O-])c(-c2ccccc2)n1. The molecule has 1 heterocycles. The van der Waals surface area contributed by atoms with Crippen molar-refractivity contribution in [2.45, 2.75) is 0 Å². The number of nitro groups is 1. The summed E-state index contributed by atoms with van der Waals surface area (Å²) in [7, 11) is 0. The van der Waals surface area contributed by atoms with Crippen molar-refractivity contribution < 1.29 is 4.92 Å². The van der Waals surface area contributed by atoms with Crippen LogP contribution in [0.5, 0.6) is 0 Å². The molecule has 0 aliphatic carbocycles. The second-order valence-corrected chi connectivity index (χ2v) is 4.73. The largest absolute Gasteiger partial charge is 0.321 e. The zero-order valence-electron chi connectivity index (χ0n) is 12.0. The maximum Gasteiger partial charge on any atom is 0.321 e. The number of hydrogen-bond donors (Lipinski definition) is 2. The second kappa shape index (κ2) is 6.20. The van der Waals surface area contributed by atoms with Gasteiger partial charge >= 0.3 is 5.69 Å². The summed E-state index contributed by atoms with van der Waals surface area (Å²) >= 11 is 0. The first-order valence-electron chi connectivity index (χ1n) is 6.84. The molecule has 0 unspecified atom stereocenters. The molecule has 2 aromatic carbocycles. The number of anilines is 1. The van der Waals surface area contributed by atoms with Gasteiger partial charge in [-0.25, -0.2) is 15.8 Å². The highest BCUT2D eigenvalue weighted by Gasteiger charge is 2.26. The van der Waals surface area contributed by atoms with Gasteiger partial charge in [-0.3, -0.25) is 15.5 Å².